The van der Waals surface area contributed by atoms with Crippen molar-refractivity contribution in [1.29, 1.82) is 0 Å². The minimum Gasteiger partial charge on any atom is -0.305 e. The van der Waals surface area contributed by atoms with Crippen molar-refractivity contribution in [1.82, 2.24) is 10.2 Å². The average Bonchev–Trinajstić information content (AvgIpc) is 2.86. The molecule has 2 N–H and O–H groups in total. The highest BCUT2D eigenvalue weighted by atomic mass is 127. The minimum absolute atomic E-state index is 0.119. The Morgan fingerprint density at radius 3 is 2.82 bits per heavy atom. The normalized spacial score (nSPS) is 10.8. The van der Waals surface area contributed by atoms with Crippen molar-refractivity contribution in [3.8, 4) is 0 Å². The lowest BCUT2D eigenvalue weighted by molar-refractivity contribution is 0.102. The number of rotatable bonds is 3. The number of carbonyl (C=O) groups excluding carboxylic acids is 1. The van der Waals surface area contributed by atoms with Crippen LogP contribution < -0.4 is 5.32 Å². The van der Waals surface area contributed by atoms with Gasteiger partial charge in [0.25, 0.3) is 5.91 Å². The van der Waals surface area contributed by atoms with Crippen LogP contribution in [0.2, 0.25) is 0 Å². The first-order valence-electron chi connectivity index (χ1n) is 5.17. The van der Waals surface area contributed by atoms with Crippen molar-refractivity contribution < 1.29 is 4.79 Å². The first-order valence-corrected chi connectivity index (χ1v) is 7.13. The van der Waals surface area contributed by atoms with E-state index < -0.39 is 0 Å². The summed E-state index contributed by atoms with van der Waals surface area (Å²) in [7, 11) is 0. The Bertz CT molecular complexity index is 532. The highest BCUT2D eigenvalue weighted by Crippen LogP contribution is 2.19. The summed E-state index contributed by atoms with van der Waals surface area (Å²) in [5, 5.41) is 11.6. The zero-order valence-electron chi connectivity index (χ0n) is 9.45. The molecule has 2 aromatic rings. The summed E-state index contributed by atoms with van der Waals surface area (Å²) in [6.45, 7) is 4.14. The van der Waals surface area contributed by atoms with Gasteiger partial charge in [-0.3, -0.25) is 9.89 Å². The second-order valence-corrected chi connectivity index (χ2v) is 6.76. The summed E-state index contributed by atoms with van der Waals surface area (Å²) in [5.41, 5.74) is 1.69. The van der Waals surface area contributed by atoms with Crippen molar-refractivity contribution in [2.45, 2.75) is 19.8 Å². The van der Waals surface area contributed by atoms with Gasteiger partial charge in [0, 0.05) is 17.1 Å². The second-order valence-electron chi connectivity index (χ2n) is 3.96. The van der Waals surface area contributed by atoms with Gasteiger partial charge < -0.3 is 5.32 Å². The molecule has 2 aromatic heterocycles. The number of H-pyrrole nitrogens is 1. The average molecular weight is 361 g/mol. The van der Waals surface area contributed by atoms with E-state index in [1.807, 2.05) is 17.5 Å². The Kier molecular flexibility index (Phi) is 3.82. The first kappa shape index (κ1) is 12.6. The predicted octanol–water partition coefficient (Wildman–Crippen LogP) is 3.45. The predicted molar refractivity (Wildman–Crippen MR) is 77.7 cm³/mol. The molecule has 0 aliphatic carbocycles. The Morgan fingerprint density at radius 1 is 1.53 bits per heavy atom. The molecular formula is C11H12IN3OS. The summed E-state index contributed by atoms with van der Waals surface area (Å²) in [5.74, 6) is 0.820. The van der Waals surface area contributed by atoms with E-state index in [2.05, 4.69) is 52.0 Å². The molecule has 0 saturated heterocycles. The standard InChI is InChI=1S/C11H12IN3OS/c1-6(2)8-4-10(15-14-8)13-11(16)7-3-9(12)17-5-7/h3-6H,1-2H3,(H2,13,14,15,16). The summed E-state index contributed by atoms with van der Waals surface area (Å²) >= 11 is 3.75. The molecule has 0 fully saturated rings. The van der Waals surface area contributed by atoms with Gasteiger partial charge in [-0.05, 0) is 34.6 Å². The molecule has 0 aliphatic rings. The zero-order valence-corrected chi connectivity index (χ0v) is 12.4. The maximum Gasteiger partial charge on any atom is 0.257 e. The number of hydrogen-bond donors (Lipinski definition) is 2. The molecule has 0 unspecified atom stereocenters. The lowest BCUT2D eigenvalue weighted by Crippen LogP contribution is -2.10. The van der Waals surface area contributed by atoms with Crippen LogP contribution >= 0.6 is 33.9 Å². The van der Waals surface area contributed by atoms with Crippen LogP contribution in [0.3, 0.4) is 0 Å². The van der Waals surface area contributed by atoms with E-state index in [0.717, 1.165) is 8.58 Å². The number of halogens is 1. The Hall–Kier alpha value is -0.890. The molecule has 17 heavy (non-hydrogen) atoms. The van der Waals surface area contributed by atoms with Crippen LogP contribution in [-0.4, -0.2) is 16.1 Å². The first-order chi connectivity index (χ1) is 8.06. The fraction of sp³-hybridized carbons (Fsp3) is 0.273. The van der Waals surface area contributed by atoms with E-state index in [-0.39, 0.29) is 5.91 Å². The van der Waals surface area contributed by atoms with Crippen molar-refractivity contribution in [2.24, 2.45) is 0 Å². The van der Waals surface area contributed by atoms with Crippen molar-refractivity contribution in [2.75, 3.05) is 5.32 Å². The lowest BCUT2D eigenvalue weighted by Gasteiger charge is -1.98. The number of nitrogens with zero attached hydrogens (tertiary/aromatic N) is 1. The Morgan fingerprint density at radius 2 is 2.29 bits per heavy atom. The van der Waals surface area contributed by atoms with Crippen LogP contribution in [0.5, 0.6) is 0 Å². The van der Waals surface area contributed by atoms with E-state index in [9.17, 15) is 4.79 Å². The maximum absolute atomic E-state index is 11.8. The van der Waals surface area contributed by atoms with Crippen molar-refractivity contribution in [3.05, 3.63) is 31.7 Å². The highest BCUT2D eigenvalue weighted by Gasteiger charge is 2.11. The SMILES string of the molecule is CC(C)c1cc(NC(=O)c2csc(I)c2)n[nH]1. The van der Waals surface area contributed by atoms with Gasteiger partial charge in [0.1, 0.15) is 0 Å². The lowest BCUT2D eigenvalue weighted by atomic mass is 10.1. The fourth-order valence-electron chi connectivity index (χ4n) is 1.31. The highest BCUT2D eigenvalue weighted by molar-refractivity contribution is 14.1. The van der Waals surface area contributed by atoms with E-state index >= 15 is 0 Å². The number of aromatic nitrogens is 2. The number of thiophene rings is 1. The van der Waals surface area contributed by atoms with Crippen LogP contribution in [0.25, 0.3) is 0 Å². The smallest absolute Gasteiger partial charge is 0.257 e. The molecule has 0 radical (unpaired) electrons. The van der Waals surface area contributed by atoms with Gasteiger partial charge in [-0.25, -0.2) is 0 Å². The van der Waals surface area contributed by atoms with Gasteiger partial charge in [-0.1, -0.05) is 13.8 Å². The number of anilines is 1. The molecule has 4 nitrogen and oxygen atoms in total. The molecule has 90 valence electrons. The third kappa shape index (κ3) is 3.06. The molecule has 2 heterocycles. The van der Waals surface area contributed by atoms with Crippen LogP contribution in [0, 0.1) is 2.88 Å². The Balaban J connectivity index is 2.07. The van der Waals surface area contributed by atoms with Gasteiger partial charge in [-0.15, -0.1) is 11.3 Å². The molecular weight excluding hydrogens is 349 g/mol. The third-order valence-electron chi connectivity index (χ3n) is 2.29. The monoisotopic (exact) mass is 361 g/mol. The molecule has 0 aliphatic heterocycles. The molecule has 0 bridgehead atoms. The van der Waals surface area contributed by atoms with E-state index in [1.54, 1.807) is 11.3 Å². The van der Waals surface area contributed by atoms with Crippen LogP contribution in [0.4, 0.5) is 5.82 Å². The van der Waals surface area contributed by atoms with Crippen molar-refractivity contribution in [3.63, 3.8) is 0 Å². The molecule has 0 aromatic carbocycles. The molecule has 1 amide bonds. The summed E-state index contributed by atoms with van der Waals surface area (Å²) in [6, 6.07) is 3.72. The van der Waals surface area contributed by atoms with Crippen molar-refractivity contribution >= 4 is 45.7 Å². The fourth-order valence-corrected chi connectivity index (χ4v) is 2.64. The van der Waals surface area contributed by atoms with E-state index in [4.69, 9.17) is 0 Å². The molecule has 0 atom stereocenters. The largest absolute Gasteiger partial charge is 0.305 e. The topological polar surface area (TPSA) is 57.8 Å². The summed E-state index contributed by atoms with van der Waals surface area (Å²) in [4.78, 5) is 11.8. The Labute approximate surface area is 117 Å². The maximum atomic E-state index is 11.8. The number of aromatic amines is 1. The van der Waals surface area contributed by atoms with Gasteiger partial charge in [0.05, 0.1) is 8.45 Å². The number of carbonyl (C=O) groups is 1. The van der Waals surface area contributed by atoms with Gasteiger partial charge >= 0.3 is 0 Å². The minimum atomic E-state index is -0.119. The number of amides is 1. The van der Waals surface area contributed by atoms with Gasteiger partial charge in [-0.2, -0.15) is 5.10 Å². The van der Waals surface area contributed by atoms with Crippen LogP contribution in [0.15, 0.2) is 17.5 Å². The second kappa shape index (κ2) is 5.18. The van der Waals surface area contributed by atoms with Gasteiger partial charge in [0.2, 0.25) is 0 Å². The molecule has 6 heteroatoms. The molecule has 0 spiro atoms. The summed E-state index contributed by atoms with van der Waals surface area (Å²) < 4.78 is 1.10. The molecule has 0 saturated carbocycles. The third-order valence-corrected chi connectivity index (χ3v) is 4.08. The van der Waals surface area contributed by atoms with E-state index in [1.165, 1.54) is 0 Å². The number of nitrogens with one attached hydrogen (secondary N) is 2. The van der Waals surface area contributed by atoms with E-state index in [0.29, 0.717) is 17.3 Å². The van der Waals surface area contributed by atoms with Gasteiger partial charge in [0.15, 0.2) is 5.82 Å². The number of hydrogen-bond acceptors (Lipinski definition) is 3. The zero-order chi connectivity index (χ0) is 12.4. The summed E-state index contributed by atoms with van der Waals surface area (Å²) in [6.07, 6.45) is 0. The quantitative estimate of drug-likeness (QED) is 0.823. The molecule has 2 rings (SSSR count). The van der Waals surface area contributed by atoms with Crippen LogP contribution in [-0.2, 0) is 0 Å². The van der Waals surface area contributed by atoms with Crippen LogP contribution in [0.1, 0.15) is 35.8 Å².